The molecular weight excluding hydrogens is 224 g/mol. The Labute approximate surface area is 97.5 Å². The fraction of sp³-hybridized carbons (Fsp3) is 0.182. The van der Waals surface area contributed by atoms with Gasteiger partial charge in [-0.1, -0.05) is 12.1 Å². The van der Waals surface area contributed by atoms with E-state index in [4.69, 9.17) is 5.73 Å². The number of hydrogen-bond acceptors (Lipinski definition) is 4. The Kier molecular flexibility index (Phi) is 3.28. The number of hydrogen-bond donors (Lipinski definition) is 1. The lowest BCUT2D eigenvalue weighted by atomic mass is 10.1. The molecule has 2 N–H and O–H groups in total. The highest BCUT2D eigenvalue weighted by molar-refractivity contribution is 7.97. The number of rotatable bonds is 3. The third kappa shape index (κ3) is 2.52. The van der Waals surface area contributed by atoms with Crippen molar-refractivity contribution in [1.29, 1.82) is 0 Å². The standard InChI is InChI=1S/C11H12N2S2/c1-14-7-11-13-10(6-15-11)8-2-4-9(12)5-3-8/h2-6H,7,12H2,1H3. The monoisotopic (exact) mass is 236 g/mol. The van der Waals surface area contributed by atoms with Gasteiger partial charge >= 0.3 is 0 Å². The Morgan fingerprint density at radius 2 is 2.07 bits per heavy atom. The average molecular weight is 236 g/mol. The third-order valence-electron chi connectivity index (χ3n) is 2.03. The number of benzene rings is 1. The molecule has 0 fully saturated rings. The van der Waals surface area contributed by atoms with Crippen molar-refractivity contribution < 1.29 is 0 Å². The fourth-order valence-corrected chi connectivity index (χ4v) is 2.81. The Morgan fingerprint density at radius 3 is 2.73 bits per heavy atom. The highest BCUT2D eigenvalue weighted by atomic mass is 32.2. The topological polar surface area (TPSA) is 38.9 Å². The predicted molar refractivity (Wildman–Crippen MR) is 69.2 cm³/mol. The van der Waals surface area contributed by atoms with Gasteiger partial charge in [0.25, 0.3) is 0 Å². The number of nitrogens with two attached hydrogens (primary N) is 1. The Hall–Kier alpha value is -1.00. The van der Waals surface area contributed by atoms with Gasteiger partial charge in [0.2, 0.25) is 0 Å². The van der Waals surface area contributed by atoms with Gasteiger partial charge in [-0.2, -0.15) is 11.8 Å². The fourth-order valence-electron chi connectivity index (χ4n) is 1.29. The lowest BCUT2D eigenvalue weighted by Gasteiger charge is -1.96. The molecule has 1 aromatic heterocycles. The SMILES string of the molecule is CSCc1nc(-c2ccc(N)cc2)cs1. The van der Waals surface area contributed by atoms with Gasteiger partial charge in [0.05, 0.1) is 5.69 Å². The minimum Gasteiger partial charge on any atom is -0.399 e. The van der Waals surface area contributed by atoms with E-state index in [-0.39, 0.29) is 0 Å². The van der Waals surface area contributed by atoms with E-state index in [0.29, 0.717) is 0 Å². The van der Waals surface area contributed by atoms with Crippen LogP contribution in [0.4, 0.5) is 5.69 Å². The van der Waals surface area contributed by atoms with Gasteiger partial charge in [-0.05, 0) is 18.4 Å². The van der Waals surface area contributed by atoms with E-state index >= 15 is 0 Å². The summed E-state index contributed by atoms with van der Waals surface area (Å²) in [4.78, 5) is 4.56. The van der Waals surface area contributed by atoms with Crippen LogP contribution in [0.1, 0.15) is 5.01 Å². The van der Waals surface area contributed by atoms with E-state index < -0.39 is 0 Å². The summed E-state index contributed by atoms with van der Waals surface area (Å²) in [7, 11) is 0. The summed E-state index contributed by atoms with van der Waals surface area (Å²) in [5.41, 5.74) is 8.60. The van der Waals surface area contributed by atoms with E-state index in [1.54, 1.807) is 23.1 Å². The molecule has 0 amide bonds. The predicted octanol–water partition coefficient (Wildman–Crippen LogP) is 3.26. The molecule has 2 aromatic rings. The molecule has 15 heavy (non-hydrogen) atoms. The lowest BCUT2D eigenvalue weighted by molar-refractivity contribution is 1.27. The van der Waals surface area contributed by atoms with Gasteiger partial charge in [0.15, 0.2) is 0 Å². The number of anilines is 1. The molecule has 2 nitrogen and oxygen atoms in total. The number of thioether (sulfide) groups is 1. The van der Waals surface area contributed by atoms with Crippen molar-refractivity contribution in [1.82, 2.24) is 4.98 Å². The van der Waals surface area contributed by atoms with Gasteiger partial charge in [0, 0.05) is 22.4 Å². The molecular formula is C11H12N2S2. The molecule has 1 aromatic carbocycles. The van der Waals surface area contributed by atoms with Gasteiger partial charge < -0.3 is 5.73 Å². The zero-order valence-electron chi connectivity index (χ0n) is 8.43. The largest absolute Gasteiger partial charge is 0.399 e. The van der Waals surface area contributed by atoms with Gasteiger partial charge in [-0.15, -0.1) is 11.3 Å². The van der Waals surface area contributed by atoms with E-state index in [0.717, 1.165) is 22.7 Å². The minimum atomic E-state index is 0.790. The second-order valence-corrected chi connectivity index (χ2v) is 4.99. The quantitative estimate of drug-likeness (QED) is 0.831. The highest BCUT2D eigenvalue weighted by Crippen LogP contribution is 2.24. The smallest absolute Gasteiger partial charge is 0.103 e. The zero-order chi connectivity index (χ0) is 10.7. The van der Waals surface area contributed by atoms with Crippen molar-refractivity contribution in [2.75, 3.05) is 12.0 Å². The maximum Gasteiger partial charge on any atom is 0.103 e. The van der Waals surface area contributed by atoms with Crippen LogP contribution in [-0.4, -0.2) is 11.2 Å². The van der Waals surface area contributed by atoms with E-state index in [1.165, 1.54) is 5.01 Å². The molecule has 0 saturated heterocycles. The maximum absolute atomic E-state index is 5.64. The highest BCUT2D eigenvalue weighted by Gasteiger charge is 2.03. The summed E-state index contributed by atoms with van der Waals surface area (Å²) in [5, 5.41) is 3.27. The molecule has 0 unspecified atom stereocenters. The molecule has 4 heteroatoms. The van der Waals surface area contributed by atoms with Crippen molar-refractivity contribution in [3.8, 4) is 11.3 Å². The van der Waals surface area contributed by atoms with Crippen LogP contribution in [0.2, 0.25) is 0 Å². The second kappa shape index (κ2) is 4.68. The normalized spacial score (nSPS) is 10.5. The van der Waals surface area contributed by atoms with E-state index in [1.807, 2.05) is 24.3 Å². The molecule has 78 valence electrons. The van der Waals surface area contributed by atoms with Crippen LogP contribution in [0.25, 0.3) is 11.3 Å². The van der Waals surface area contributed by atoms with E-state index in [2.05, 4.69) is 16.6 Å². The molecule has 0 radical (unpaired) electrons. The molecule has 2 rings (SSSR count). The first-order valence-corrected chi connectivity index (χ1v) is 6.86. The molecule has 0 aliphatic rings. The number of aromatic nitrogens is 1. The summed E-state index contributed by atoms with van der Waals surface area (Å²) >= 11 is 3.50. The summed E-state index contributed by atoms with van der Waals surface area (Å²) in [5.74, 6) is 0.986. The first-order valence-electron chi connectivity index (χ1n) is 4.59. The summed E-state index contributed by atoms with van der Waals surface area (Å²) < 4.78 is 0. The Morgan fingerprint density at radius 1 is 1.33 bits per heavy atom. The van der Waals surface area contributed by atoms with Gasteiger partial charge in [-0.3, -0.25) is 0 Å². The van der Waals surface area contributed by atoms with Crippen LogP contribution in [0.3, 0.4) is 0 Å². The Balaban J connectivity index is 2.25. The van der Waals surface area contributed by atoms with Crippen LogP contribution in [0, 0.1) is 0 Å². The third-order valence-corrected chi connectivity index (χ3v) is 3.62. The van der Waals surface area contributed by atoms with Gasteiger partial charge in [0.1, 0.15) is 5.01 Å². The van der Waals surface area contributed by atoms with Crippen molar-refractivity contribution in [3.63, 3.8) is 0 Å². The number of nitrogen functional groups attached to an aromatic ring is 1. The van der Waals surface area contributed by atoms with Crippen LogP contribution in [-0.2, 0) is 5.75 Å². The summed E-state index contributed by atoms with van der Waals surface area (Å²) in [6.45, 7) is 0. The van der Waals surface area contributed by atoms with Crippen molar-refractivity contribution in [2.24, 2.45) is 0 Å². The second-order valence-electron chi connectivity index (χ2n) is 3.18. The summed E-state index contributed by atoms with van der Waals surface area (Å²) in [6, 6.07) is 7.83. The Bertz CT molecular complexity index is 434. The van der Waals surface area contributed by atoms with E-state index in [9.17, 15) is 0 Å². The molecule has 0 bridgehead atoms. The molecule has 0 spiro atoms. The van der Waals surface area contributed by atoms with Crippen LogP contribution < -0.4 is 5.73 Å². The first kappa shape index (κ1) is 10.5. The van der Waals surface area contributed by atoms with Crippen LogP contribution >= 0.6 is 23.1 Å². The number of thiazole rings is 1. The minimum absolute atomic E-state index is 0.790. The average Bonchev–Trinajstić information content (AvgIpc) is 2.68. The molecule has 1 heterocycles. The van der Waals surface area contributed by atoms with Crippen molar-refractivity contribution in [3.05, 3.63) is 34.7 Å². The zero-order valence-corrected chi connectivity index (χ0v) is 10.1. The van der Waals surface area contributed by atoms with Crippen molar-refractivity contribution >= 4 is 28.8 Å². The van der Waals surface area contributed by atoms with Crippen LogP contribution in [0.15, 0.2) is 29.6 Å². The molecule has 0 atom stereocenters. The summed E-state index contributed by atoms with van der Waals surface area (Å²) in [6.07, 6.45) is 2.09. The lowest BCUT2D eigenvalue weighted by Crippen LogP contribution is -1.84. The number of nitrogens with zero attached hydrogens (tertiary/aromatic N) is 1. The van der Waals surface area contributed by atoms with Crippen molar-refractivity contribution in [2.45, 2.75) is 5.75 Å². The first-order chi connectivity index (χ1) is 7.29. The maximum atomic E-state index is 5.64. The van der Waals surface area contributed by atoms with Gasteiger partial charge in [-0.25, -0.2) is 4.98 Å². The van der Waals surface area contributed by atoms with Crippen LogP contribution in [0.5, 0.6) is 0 Å². The molecule has 0 aliphatic heterocycles. The molecule has 0 aliphatic carbocycles. The molecule has 0 saturated carbocycles.